The van der Waals surface area contributed by atoms with Crippen molar-refractivity contribution < 1.29 is 28.3 Å². The highest BCUT2D eigenvalue weighted by Gasteiger charge is 2.34. The Morgan fingerprint density at radius 2 is 1.88 bits per heavy atom. The maximum absolute atomic E-state index is 14.0. The average Bonchev–Trinajstić information content (AvgIpc) is 3.60. The number of thiazole rings is 1. The summed E-state index contributed by atoms with van der Waals surface area (Å²) in [6, 6.07) is 14.1. The molecule has 2 aromatic heterocycles. The summed E-state index contributed by atoms with van der Waals surface area (Å²) in [4.78, 5) is 43.7. The van der Waals surface area contributed by atoms with Gasteiger partial charge in [-0.05, 0) is 55.3 Å². The van der Waals surface area contributed by atoms with E-state index in [9.17, 15) is 19.7 Å². The quantitative estimate of drug-likeness (QED) is 0.144. The van der Waals surface area contributed by atoms with Crippen LogP contribution < -0.4 is 24.4 Å². The zero-order valence-corrected chi connectivity index (χ0v) is 24.8. The Kier molecular flexibility index (Phi) is 8.58. The molecule has 4 aromatic rings. The Balaban J connectivity index is 1.66. The lowest BCUT2D eigenvalue weighted by molar-refractivity contribution is -0.384. The van der Waals surface area contributed by atoms with Crippen LogP contribution in [-0.4, -0.2) is 36.3 Å². The number of esters is 1. The summed E-state index contributed by atoms with van der Waals surface area (Å²) < 4.78 is 23.7. The third kappa shape index (κ3) is 5.73. The molecule has 43 heavy (non-hydrogen) atoms. The van der Waals surface area contributed by atoms with Crippen molar-refractivity contribution in [3.63, 3.8) is 0 Å². The summed E-state index contributed by atoms with van der Waals surface area (Å²) in [5.41, 5.74) is 1.27. The fourth-order valence-electron chi connectivity index (χ4n) is 4.95. The predicted octanol–water partition coefficient (Wildman–Crippen LogP) is 4.76. The molecule has 0 fully saturated rings. The second-order valence-corrected chi connectivity index (χ2v) is 10.5. The Labute approximate surface area is 250 Å². The molecule has 0 amide bonds. The van der Waals surface area contributed by atoms with Crippen LogP contribution in [-0.2, 0) is 9.53 Å². The molecule has 0 aliphatic carbocycles. The fraction of sp³-hybridized carbons (Fsp3) is 0.258. The third-order valence-electron chi connectivity index (χ3n) is 6.87. The van der Waals surface area contributed by atoms with E-state index in [0.717, 1.165) is 6.42 Å². The molecule has 1 aliphatic rings. The first-order valence-corrected chi connectivity index (χ1v) is 14.4. The van der Waals surface area contributed by atoms with E-state index in [4.69, 9.17) is 23.6 Å². The van der Waals surface area contributed by atoms with E-state index >= 15 is 0 Å². The van der Waals surface area contributed by atoms with Gasteiger partial charge in [0.15, 0.2) is 4.80 Å². The van der Waals surface area contributed by atoms with E-state index in [2.05, 4.69) is 0 Å². The monoisotopic (exact) mass is 603 g/mol. The molecule has 0 radical (unpaired) electrons. The number of nitro benzene ring substituents is 1. The first kappa shape index (κ1) is 29.5. The number of aromatic nitrogens is 1. The van der Waals surface area contributed by atoms with E-state index in [1.165, 1.54) is 29.1 Å². The van der Waals surface area contributed by atoms with Crippen LogP contribution in [0.4, 0.5) is 5.69 Å². The maximum atomic E-state index is 14.0. The molecular weight excluding hydrogens is 574 g/mol. The average molecular weight is 604 g/mol. The summed E-state index contributed by atoms with van der Waals surface area (Å²) in [7, 11) is 2.98. The summed E-state index contributed by atoms with van der Waals surface area (Å²) >= 11 is 1.17. The van der Waals surface area contributed by atoms with Gasteiger partial charge in [-0.25, -0.2) is 9.79 Å². The lowest BCUT2D eigenvalue weighted by Crippen LogP contribution is -2.40. The van der Waals surface area contributed by atoms with Crippen molar-refractivity contribution in [1.82, 2.24) is 4.57 Å². The van der Waals surface area contributed by atoms with Crippen LogP contribution >= 0.6 is 11.3 Å². The standard InChI is InChI=1S/C31H29N3O8S/c1-5-8-23-27(30(36)41-6-2)28(18-9-7-10-19(15-18)39-3)33-29(35)26(43-31(33)32-23)17-21-12-14-25(42-21)22-13-11-20(40-4)16-24(22)34(37)38/h7,9-17,28H,5-6,8H2,1-4H3/b26-17-/t28-/m1/s1. The molecule has 3 heterocycles. The molecule has 11 nitrogen and oxygen atoms in total. The Morgan fingerprint density at radius 3 is 2.58 bits per heavy atom. The van der Waals surface area contributed by atoms with Crippen molar-refractivity contribution >= 4 is 29.1 Å². The number of hydrogen-bond donors (Lipinski definition) is 0. The maximum Gasteiger partial charge on any atom is 0.338 e. The Morgan fingerprint density at radius 1 is 1.12 bits per heavy atom. The molecule has 1 aliphatic heterocycles. The number of benzene rings is 2. The third-order valence-corrected chi connectivity index (χ3v) is 7.85. The summed E-state index contributed by atoms with van der Waals surface area (Å²) in [6.07, 6.45) is 2.81. The lowest BCUT2D eigenvalue weighted by atomic mass is 9.94. The van der Waals surface area contributed by atoms with Crippen molar-refractivity contribution in [2.24, 2.45) is 4.99 Å². The molecule has 5 rings (SSSR count). The summed E-state index contributed by atoms with van der Waals surface area (Å²) in [5.74, 6) is 0.971. The second kappa shape index (κ2) is 12.5. The van der Waals surface area contributed by atoms with E-state index in [1.807, 2.05) is 13.0 Å². The van der Waals surface area contributed by atoms with Crippen LogP contribution in [0.3, 0.4) is 0 Å². The highest BCUT2D eigenvalue weighted by atomic mass is 32.1. The number of allylic oxidation sites excluding steroid dienone is 1. The summed E-state index contributed by atoms with van der Waals surface area (Å²) in [5, 5.41) is 11.7. The van der Waals surface area contributed by atoms with Gasteiger partial charge in [-0.1, -0.05) is 36.8 Å². The molecule has 12 heteroatoms. The molecule has 0 N–H and O–H groups in total. The number of nitro groups is 1. The van der Waals surface area contributed by atoms with Gasteiger partial charge in [0, 0.05) is 6.08 Å². The minimum Gasteiger partial charge on any atom is -0.497 e. The number of ether oxygens (including phenoxy) is 3. The number of carbonyl (C=O) groups is 1. The number of nitrogens with zero attached hydrogens (tertiary/aromatic N) is 3. The molecular formula is C31H29N3O8S. The van der Waals surface area contributed by atoms with Gasteiger partial charge in [0.25, 0.3) is 11.2 Å². The van der Waals surface area contributed by atoms with Crippen LogP contribution in [0.5, 0.6) is 11.5 Å². The smallest absolute Gasteiger partial charge is 0.338 e. The van der Waals surface area contributed by atoms with Gasteiger partial charge >= 0.3 is 5.97 Å². The minimum atomic E-state index is -0.789. The minimum absolute atomic E-state index is 0.171. The van der Waals surface area contributed by atoms with Gasteiger partial charge in [0.05, 0.1) is 59.2 Å². The highest BCUT2D eigenvalue weighted by Crippen LogP contribution is 2.35. The van der Waals surface area contributed by atoms with Gasteiger partial charge < -0.3 is 18.6 Å². The molecule has 0 spiro atoms. The fourth-order valence-corrected chi connectivity index (χ4v) is 5.95. The van der Waals surface area contributed by atoms with E-state index in [1.54, 1.807) is 62.6 Å². The van der Waals surface area contributed by atoms with Crippen molar-refractivity contribution in [2.75, 3.05) is 20.8 Å². The van der Waals surface area contributed by atoms with Gasteiger partial charge in [-0.3, -0.25) is 19.5 Å². The second-order valence-electron chi connectivity index (χ2n) is 9.53. The number of carbonyl (C=O) groups excluding carboxylic acids is 1. The molecule has 0 bridgehead atoms. The number of fused-ring (bicyclic) bond motifs is 1. The van der Waals surface area contributed by atoms with E-state index in [0.29, 0.717) is 49.8 Å². The van der Waals surface area contributed by atoms with Gasteiger partial charge in [0.2, 0.25) is 0 Å². The zero-order chi connectivity index (χ0) is 30.7. The first-order valence-electron chi connectivity index (χ1n) is 13.6. The highest BCUT2D eigenvalue weighted by molar-refractivity contribution is 7.07. The SMILES string of the molecule is CCCC1=C(C(=O)OCC)[C@@H](c2cccc(OC)c2)n2c(s/c(=C\c3ccc(-c4ccc(OC)cc4[N+](=O)[O-])o3)c2=O)=N1. The molecule has 2 aromatic carbocycles. The summed E-state index contributed by atoms with van der Waals surface area (Å²) in [6.45, 7) is 3.89. The van der Waals surface area contributed by atoms with E-state index in [-0.39, 0.29) is 29.2 Å². The Bertz CT molecular complexity index is 1920. The van der Waals surface area contributed by atoms with Crippen LogP contribution in [0.2, 0.25) is 0 Å². The molecule has 0 saturated heterocycles. The number of rotatable bonds is 10. The van der Waals surface area contributed by atoms with Crippen molar-refractivity contribution in [2.45, 2.75) is 32.7 Å². The molecule has 0 unspecified atom stereocenters. The predicted molar refractivity (Wildman–Crippen MR) is 160 cm³/mol. The van der Waals surface area contributed by atoms with Crippen molar-refractivity contribution in [1.29, 1.82) is 0 Å². The molecule has 222 valence electrons. The Hall–Kier alpha value is -4.97. The number of furan rings is 1. The van der Waals surface area contributed by atoms with E-state index < -0.39 is 16.9 Å². The number of hydrogen-bond acceptors (Lipinski definition) is 10. The van der Waals surface area contributed by atoms with Crippen LogP contribution in [0.1, 0.15) is 44.1 Å². The lowest BCUT2D eigenvalue weighted by Gasteiger charge is -2.26. The topological polar surface area (TPSA) is 135 Å². The number of methoxy groups -OCH3 is 2. The van der Waals surface area contributed by atoms with Crippen molar-refractivity contribution in [3.8, 4) is 22.8 Å². The largest absolute Gasteiger partial charge is 0.497 e. The van der Waals surface area contributed by atoms with Crippen molar-refractivity contribution in [3.05, 3.63) is 107 Å². The van der Waals surface area contributed by atoms with Gasteiger partial charge in [-0.2, -0.15) is 0 Å². The zero-order valence-electron chi connectivity index (χ0n) is 24.0. The molecule has 0 saturated carbocycles. The normalized spacial score (nSPS) is 14.7. The first-order chi connectivity index (χ1) is 20.8. The molecule has 1 atom stereocenters. The van der Waals surface area contributed by atoms with Gasteiger partial charge in [0.1, 0.15) is 23.0 Å². The van der Waals surface area contributed by atoms with Crippen LogP contribution in [0.15, 0.2) is 80.1 Å². The van der Waals surface area contributed by atoms with Crippen LogP contribution in [0, 0.1) is 10.1 Å². The van der Waals surface area contributed by atoms with Gasteiger partial charge in [-0.15, -0.1) is 0 Å². The van der Waals surface area contributed by atoms with Crippen LogP contribution in [0.25, 0.3) is 17.4 Å².